The third-order valence-electron chi connectivity index (χ3n) is 3.98. The van der Waals surface area contributed by atoms with E-state index >= 15 is 0 Å². The number of nitrogens with one attached hydrogen (secondary N) is 1. The molecular formula is C15H18N2O2. The number of methoxy groups -OCH3 is 1. The molecule has 1 aromatic heterocycles. The number of carbonyl (C=O) groups excluding carboxylic acids is 1. The van der Waals surface area contributed by atoms with Crippen LogP contribution in [0.4, 0.5) is 0 Å². The number of ketones is 1. The largest absolute Gasteiger partial charge is 0.497 e. The zero-order valence-electron chi connectivity index (χ0n) is 11.3. The molecular weight excluding hydrogens is 240 g/mol. The second kappa shape index (κ2) is 4.70. The highest BCUT2D eigenvalue weighted by atomic mass is 16.5. The first-order chi connectivity index (χ1) is 9.20. The van der Waals surface area contributed by atoms with Gasteiger partial charge in [0.25, 0.3) is 0 Å². The molecule has 100 valence electrons. The van der Waals surface area contributed by atoms with E-state index in [2.05, 4.69) is 9.88 Å². The molecule has 0 radical (unpaired) electrons. The van der Waals surface area contributed by atoms with Crippen LogP contribution in [-0.4, -0.2) is 42.4 Å². The summed E-state index contributed by atoms with van der Waals surface area (Å²) in [5, 5.41) is 0.949. The van der Waals surface area contributed by atoms with Gasteiger partial charge in [0, 0.05) is 22.7 Å². The standard InChI is InChI=1S/C15H18N2O2/c1-17-7-3-4-14(17)15(18)12-9-16-13-6-5-10(19-2)8-11(12)13/h5-6,8-9,14,16H,3-4,7H2,1-2H3/t14-/m1/s1. The van der Waals surface area contributed by atoms with Crippen molar-refractivity contribution in [1.82, 2.24) is 9.88 Å². The lowest BCUT2D eigenvalue weighted by atomic mass is 10.0. The van der Waals surface area contributed by atoms with Crippen molar-refractivity contribution in [3.8, 4) is 5.75 Å². The molecule has 1 atom stereocenters. The second-order valence-electron chi connectivity index (χ2n) is 5.12. The van der Waals surface area contributed by atoms with Crippen molar-refractivity contribution in [2.75, 3.05) is 20.7 Å². The van der Waals surface area contributed by atoms with Gasteiger partial charge in [-0.3, -0.25) is 9.69 Å². The van der Waals surface area contributed by atoms with E-state index in [9.17, 15) is 4.79 Å². The van der Waals surface area contributed by atoms with Gasteiger partial charge in [0.2, 0.25) is 0 Å². The van der Waals surface area contributed by atoms with Gasteiger partial charge in [0.1, 0.15) is 5.75 Å². The van der Waals surface area contributed by atoms with Crippen LogP contribution in [0.15, 0.2) is 24.4 Å². The third-order valence-corrected chi connectivity index (χ3v) is 3.98. The summed E-state index contributed by atoms with van der Waals surface area (Å²) < 4.78 is 5.24. The summed E-state index contributed by atoms with van der Waals surface area (Å²) in [5.41, 5.74) is 1.75. The number of hydrogen-bond acceptors (Lipinski definition) is 3. The van der Waals surface area contributed by atoms with Crippen LogP contribution in [0.2, 0.25) is 0 Å². The summed E-state index contributed by atoms with van der Waals surface area (Å²) in [6.45, 7) is 1.00. The van der Waals surface area contributed by atoms with Gasteiger partial charge in [-0.2, -0.15) is 0 Å². The minimum absolute atomic E-state index is 0.0187. The Kier molecular flexibility index (Phi) is 3.03. The Hall–Kier alpha value is -1.81. The Bertz CT molecular complexity index is 618. The Labute approximate surface area is 112 Å². The summed E-state index contributed by atoms with van der Waals surface area (Å²) in [6, 6.07) is 5.79. The molecule has 3 rings (SSSR count). The molecule has 19 heavy (non-hydrogen) atoms. The first kappa shape index (κ1) is 12.2. The number of carbonyl (C=O) groups is 1. The van der Waals surface area contributed by atoms with Crippen LogP contribution in [0.1, 0.15) is 23.2 Å². The highest BCUT2D eigenvalue weighted by Crippen LogP contribution is 2.27. The average Bonchev–Trinajstić information content (AvgIpc) is 3.03. The monoisotopic (exact) mass is 258 g/mol. The molecule has 2 aromatic rings. The molecule has 0 bridgehead atoms. The maximum Gasteiger partial charge on any atom is 0.182 e. The number of H-pyrrole nitrogens is 1. The molecule has 4 nitrogen and oxygen atoms in total. The molecule has 1 aliphatic rings. The van der Waals surface area contributed by atoms with Gasteiger partial charge in [-0.15, -0.1) is 0 Å². The molecule has 0 spiro atoms. The summed E-state index contributed by atoms with van der Waals surface area (Å²) in [6.07, 6.45) is 3.86. The normalized spacial score (nSPS) is 20.0. The van der Waals surface area contributed by atoms with Crippen molar-refractivity contribution in [2.24, 2.45) is 0 Å². The lowest BCUT2D eigenvalue weighted by Gasteiger charge is -2.17. The van der Waals surface area contributed by atoms with Gasteiger partial charge in [-0.25, -0.2) is 0 Å². The molecule has 1 aliphatic heterocycles. The summed E-state index contributed by atoms with van der Waals surface area (Å²) in [5.74, 6) is 0.987. The number of aromatic nitrogens is 1. The number of fused-ring (bicyclic) bond motifs is 1. The number of rotatable bonds is 3. The second-order valence-corrected chi connectivity index (χ2v) is 5.12. The smallest absolute Gasteiger partial charge is 0.182 e. The molecule has 1 saturated heterocycles. The maximum atomic E-state index is 12.6. The number of hydrogen-bond donors (Lipinski definition) is 1. The van der Waals surface area contributed by atoms with Crippen LogP contribution in [0.25, 0.3) is 10.9 Å². The highest BCUT2D eigenvalue weighted by molar-refractivity contribution is 6.10. The van der Waals surface area contributed by atoms with Crippen molar-refractivity contribution < 1.29 is 9.53 Å². The van der Waals surface area contributed by atoms with E-state index in [0.717, 1.165) is 41.6 Å². The van der Waals surface area contributed by atoms with Gasteiger partial charge in [-0.1, -0.05) is 0 Å². The SMILES string of the molecule is COc1ccc2[nH]cc(C(=O)[C@H]3CCCN3C)c2c1. The predicted octanol–water partition coefficient (Wildman–Crippen LogP) is 2.45. The zero-order chi connectivity index (χ0) is 13.4. The van der Waals surface area contributed by atoms with Crippen molar-refractivity contribution in [2.45, 2.75) is 18.9 Å². The summed E-state index contributed by atoms with van der Waals surface area (Å²) in [4.78, 5) is 17.9. The van der Waals surface area contributed by atoms with Crippen LogP contribution in [0, 0.1) is 0 Å². The van der Waals surface area contributed by atoms with E-state index in [4.69, 9.17) is 4.74 Å². The fraction of sp³-hybridized carbons (Fsp3) is 0.400. The van der Waals surface area contributed by atoms with Crippen LogP contribution in [0.5, 0.6) is 5.75 Å². The minimum Gasteiger partial charge on any atom is -0.497 e. The average molecular weight is 258 g/mol. The molecule has 2 heterocycles. The van der Waals surface area contributed by atoms with Gasteiger partial charge in [0.05, 0.1) is 13.2 Å². The van der Waals surface area contributed by atoms with Gasteiger partial charge >= 0.3 is 0 Å². The topological polar surface area (TPSA) is 45.3 Å². The van der Waals surface area contributed by atoms with E-state index in [1.807, 2.05) is 31.4 Å². The highest BCUT2D eigenvalue weighted by Gasteiger charge is 2.29. The third kappa shape index (κ3) is 2.02. The number of benzene rings is 1. The molecule has 0 aliphatic carbocycles. The van der Waals surface area contributed by atoms with E-state index in [1.54, 1.807) is 7.11 Å². The summed E-state index contributed by atoms with van der Waals surface area (Å²) in [7, 11) is 3.66. The number of nitrogens with zero attached hydrogens (tertiary/aromatic N) is 1. The molecule has 0 amide bonds. The van der Waals surface area contributed by atoms with Crippen molar-refractivity contribution >= 4 is 16.7 Å². The van der Waals surface area contributed by atoms with E-state index in [0.29, 0.717) is 0 Å². The Morgan fingerprint density at radius 2 is 2.32 bits per heavy atom. The fourth-order valence-electron chi connectivity index (χ4n) is 2.85. The lowest BCUT2D eigenvalue weighted by molar-refractivity contribution is 0.0892. The lowest BCUT2D eigenvalue weighted by Crippen LogP contribution is -2.32. The summed E-state index contributed by atoms with van der Waals surface area (Å²) >= 11 is 0. The number of Topliss-reactive ketones (excluding diaryl/α,β-unsaturated/α-hetero) is 1. The van der Waals surface area contributed by atoms with Crippen LogP contribution < -0.4 is 4.74 Å². The Balaban J connectivity index is 2.02. The van der Waals surface area contributed by atoms with E-state index in [-0.39, 0.29) is 11.8 Å². The van der Waals surface area contributed by atoms with Crippen LogP contribution in [-0.2, 0) is 0 Å². The first-order valence-electron chi connectivity index (χ1n) is 6.60. The quantitative estimate of drug-likeness (QED) is 0.860. The van der Waals surface area contributed by atoms with Crippen molar-refractivity contribution in [3.05, 3.63) is 30.0 Å². The Morgan fingerprint density at radius 3 is 3.00 bits per heavy atom. The van der Waals surface area contributed by atoms with Gasteiger partial charge in [0.15, 0.2) is 5.78 Å². The number of aromatic amines is 1. The molecule has 1 N–H and O–H groups in total. The fourth-order valence-corrected chi connectivity index (χ4v) is 2.85. The van der Waals surface area contributed by atoms with Crippen molar-refractivity contribution in [1.29, 1.82) is 0 Å². The molecule has 0 saturated carbocycles. The van der Waals surface area contributed by atoms with E-state index < -0.39 is 0 Å². The van der Waals surface area contributed by atoms with Gasteiger partial charge in [-0.05, 0) is 44.6 Å². The van der Waals surface area contributed by atoms with E-state index in [1.165, 1.54) is 0 Å². The Morgan fingerprint density at radius 1 is 1.47 bits per heavy atom. The maximum absolute atomic E-state index is 12.6. The molecule has 1 aromatic carbocycles. The minimum atomic E-state index is 0.0187. The molecule has 4 heteroatoms. The van der Waals surface area contributed by atoms with Crippen LogP contribution in [0.3, 0.4) is 0 Å². The van der Waals surface area contributed by atoms with Crippen LogP contribution >= 0.6 is 0 Å². The molecule has 1 fully saturated rings. The number of likely N-dealkylation sites (tertiary alicyclic amines) is 1. The predicted molar refractivity (Wildman–Crippen MR) is 74.8 cm³/mol. The van der Waals surface area contributed by atoms with Gasteiger partial charge < -0.3 is 9.72 Å². The number of likely N-dealkylation sites (N-methyl/N-ethyl adjacent to an activating group) is 1. The first-order valence-corrected chi connectivity index (χ1v) is 6.60. The van der Waals surface area contributed by atoms with Crippen molar-refractivity contribution in [3.63, 3.8) is 0 Å². The zero-order valence-corrected chi connectivity index (χ0v) is 11.3. The number of ether oxygens (including phenoxy) is 1. The molecule has 0 unspecified atom stereocenters.